The quantitative estimate of drug-likeness (QED) is 0.802. The lowest BCUT2D eigenvalue weighted by atomic mass is 10.0. The molecule has 1 saturated heterocycles. The van der Waals surface area contributed by atoms with Crippen molar-refractivity contribution in [2.45, 2.75) is 25.3 Å². The first-order valence-electron chi connectivity index (χ1n) is 5.65. The van der Waals surface area contributed by atoms with Gasteiger partial charge < -0.3 is 4.90 Å². The molecule has 1 aromatic rings. The number of carbonyl (C=O) groups excluding carboxylic acids is 1. The Hall–Kier alpha value is -1.36. The van der Waals surface area contributed by atoms with E-state index in [1.54, 1.807) is 4.90 Å². The van der Waals surface area contributed by atoms with Gasteiger partial charge in [-0.25, -0.2) is 5.10 Å². The van der Waals surface area contributed by atoms with Gasteiger partial charge in [-0.3, -0.25) is 9.59 Å². The molecule has 6 heteroatoms. The number of aromatic amines is 1. The van der Waals surface area contributed by atoms with Crippen LogP contribution in [0.3, 0.4) is 0 Å². The Kier molecular flexibility index (Phi) is 3.78. The van der Waals surface area contributed by atoms with Crippen LogP contribution in [-0.2, 0) is 0 Å². The van der Waals surface area contributed by atoms with E-state index in [4.69, 9.17) is 11.6 Å². The van der Waals surface area contributed by atoms with E-state index in [1.165, 1.54) is 12.1 Å². The number of hydrogen-bond acceptors (Lipinski definition) is 3. The second-order valence-corrected chi connectivity index (χ2v) is 4.42. The van der Waals surface area contributed by atoms with E-state index in [1.807, 2.05) is 0 Å². The Balaban J connectivity index is 2.18. The summed E-state index contributed by atoms with van der Waals surface area (Å²) < 4.78 is 0. The van der Waals surface area contributed by atoms with Crippen molar-refractivity contribution in [2.24, 2.45) is 0 Å². The third-order valence-electron chi connectivity index (χ3n) is 2.96. The van der Waals surface area contributed by atoms with Crippen LogP contribution in [0, 0.1) is 0 Å². The molecule has 1 aliphatic heterocycles. The van der Waals surface area contributed by atoms with Crippen LogP contribution in [0.2, 0.25) is 0 Å². The zero-order chi connectivity index (χ0) is 12.3. The fourth-order valence-electron chi connectivity index (χ4n) is 2.04. The summed E-state index contributed by atoms with van der Waals surface area (Å²) in [5.74, 6) is 0.279. The minimum atomic E-state index is -0.311. The van der Waals surface area contributed by atoms with E-state index in [-0.39, 0.29) is 23.2 Å². The molecule has 0 spiro atoms. The summed E-state index contributed by atoms with van der Waals surface area (Å²) in [6.07, 6.45) is 3.02. The first-order chi connectivity index (χ1) is 8.22. The summed E-state index contributed by atoms with van der Waals surface area (Å²) in [4.78, 5) is 24.8. The molecule has 0 saturated carbocycles. The lowest BCUT2D eigenvalue weighted by Crippen LogP contribution is -2.45. The van der Waals surface area contributed by atoms with E-state index in [2.05, 4.69) is 10.2 Å². The van der Waals surface area contributed by atoms with Crippen LogP contribution in [-0.4, -0.2) is 39.5 Å². The van der Waals surface area contributed by atoms with E-state index in [9.17, 15) is 9.59 Å². The maximum absolute atomic E-state index is 12.2. The molecule has 2 heterocycles. The molecule has 1 amide bonds. The van der Waals surface area contributed by atoms with Crippen molar-refractivity contribution in [3.8, 4) is 0 Å². The van der Waals surface area contributed by atoms with Crippen molar-refractivity contribution < 1.29 is 4.79 Å². The predicted molar refractivity (Wildman–Crippen MR) is 64.3 cm³/mol. The fraction of sp³-hybridized carbons (Fsp3) is 0.545. The third-order valence-corrected chi connectivity index (χ3v) is 3.32. The molecule has 0 aliphatic carbocycles. The number of nitrogens with zero attached hydrogens (tertiary/aromatic N) is 2. The van der Waals surface area contributed by atoms with Gasteiger partial charge in [-0.2, -0.15) is 5.10 Å². The number of H-pyrrole nitrogens is 1. The summed E-state index contributed by atoms with van der Waals surface area (Å²) in [6, 6.07) is 2.83. The number of amides is 1. The highest BCUT2D eigenvalue weighted by molar-refractivity contribution is 6.18. The third kappa shape index (κ3) is 2.66. The molecular formula is C11H14ClN3O2. The molecule has 17 heavy (non-hydrogen) atoms. The summed E-state index contributed by atoms with van der Waals surface area (Å²) >= 11 is 5.86. The molecule has 1 atom stereocenters. The molecule has 0 aromatic carbocycles. The number of halogens is 1. The molecule has 1 aromatic heterocycles. The van der Waals surface area contributed by atoms with E-state index < -0.39 is 0 Å². The smallest absolute Gasteiger partial charge is 0.274 e. The Labute approximate surface area is 104 Å². The number of piperidine rings is 1. The number of nitrogens with one attached hydrogen (secondary N) is 1. The van der Waals surface area contributed by atoms with Crippen LogP contribution in [0.1, 0.15) is 29.8 Å². The Morgan fingerprint density at radius 3 is 3.00 bits per heavy atom. The highest BCUT2D eigenvalue weighted by Gasteiger charge is 2.27. The number of aromatic nitrogens is 2. The van der Waals surface area contributed by atoms with E-state index >= 15 is 0 Å². The monoisotopic (exact) mass is 255 g/mol. The average molecular weight is 256 g/mol. The highest BCUT2D eigenvalue weighted by atomic mass is 35.5. The average Bonchev–Trinajstić information content (AvgIpc) is 2.39. The van der Waals surface area contributed by atoms with Crippen LogP contribution in [0.25, 0.3) is 0 Å². The van der Waals surface area contributed by atoms with Crippen molar-refractivity contribution in [3.05, 3.63) is 28.2 Å². The number of hydrogen-bond donors (Lipinski definition) is 1. The maximum Gasteiger partial charge on any atom is 0.274 e. The first-order valence-corrected chi connectivity index (χ1v) is 6.18. The Morgan fingerprint density at radius 1 is 1.53 bits per heavy atom. The maximum atomic E-state index is 12.2. The van der Waals surface area contributed by atoms with E-state index in [0.29, 0.717) is 12.4 Å². The molecule has 5 nitrogen and oxygen atoms in total. The minimum absolute atomic E-state index is 0.0756. The van der Waals surface area contributed by atoms with Gasteiger partial charge >= 0.3 is 0 Å². The molecule has 1 unspecified atom stereocenters. The Bertz CT molecular complexity index is 440. The number of likely N-dealkylation sites (tertiary alicyclic amines) is 1. The molecule has 1 aliphatic rings. The summed E-state index contributed by atoms with van der Waals surface area (Å²) in [7, 11) is 0. The van der Waals surface area contributed by atoms with Crippen LogP contribution in [0.15, 0.2) is 16.9 Å². The lowest BCUT2D eigenvalue weighted by molar-refractivity contribution is 0.0631. The van der Waals surface area contributed by atoms with Gasteiger partial charge in [0.1, 0.15) is 5.69 Å². The molecule has 1 N–H and O–H groups in total. The van der Waals surface area contributed by atoms with Gasteiger partial charge in [0, 0.05) is 24.5 Å². The highest BCUT2D eigenvalue weighted by Crippen LogP contribution is 2.19. The fourth-order valence-corrected chi connectivity index (χ4v) is 2.36. The van der Waals surface area contributed by atoms with Gasteiger partial charge in [0.15, 0.2) is 0 Å². The second-order valence-electron chi connectivity index (χ2n) is 4.11. The standard InChI is InChI=1S/C11H14ClN3O2/c12-7-8-3-1-2-6-15(8)11(17)9-4-5-10(16)14-13-9/h4-5,8H,1-3,6-7H2,(H,14,16). The summed E-state index contributed by atoms with van der Waals surface area (Å²) in [6.45, 7) is 0.705. The predicted octanol–water partition coefficient (Wildman–Crippen LogP) is 1.00. The Morgan fingerprint density at radius 2 is 2.35 bits per heavy atom. The first kappa shape index (κ1) is 12.1. The van der Waals surface area contributed by atoms with Crippen LogP contribution in [0.4, 0.5) is 0 Å². The molecule has 0 radical (unpaired) electrons. The zero-order valence-electron chi connectivity index (χ0n) is 9.36. The number of carbonyl (C=O) groups is 1. The lowest BCUT2D eigenvalue weighted by Gasteiger charge is -2.34. The van der Waals surface area contributed by atoms with Gasteiger partial charge in [-0.05, 0) is 25.3 Å². The molecule has 1 fully saturated rings. The summed E-state index contributed by atoms with van der Waals surface area (Å²) in [5, 5.41) is 6.02. The molecule has 2 rings (SSSR count). The van der Waals surface area contributed by atoms with Crippen molar-refractivity contribution >= 4 is 17.5 Å². The minimum Gasteiger partial charge on any atom is -0.333 e. The zero-order valence-corrected chi connectivity index (χ0v) is 10.1. The number of alkyl halides is 1. The van der Waals surface area contributed by atoms with Crippen molar-refractivity contribution in [2.75, 3.05) is 12.4 Å². The van der Waals surface area contributed by atoms with Gasteiger partial charge in [-0.15, -0.1) is 11.6 Å². The van der Waals surface area contributed by atoms with Crippen molar-refractivity contribution in [1.29, 1.82) is 0 Å². The van der Waals surface area contributed by atoms with Gasteiger partial charge in [0.2, 0.25) is 0 Å². The van der Waals surface area contributed by atoms with Crippen molar-refractivity contribution in [1.82, 2.24) is 15.1 Å². The van der Waals surface area contributed by atoms with Gasteiger partial charge in [0.05, 0.1) is 0 Å². The summed E-state index contributed by atoms with van der Waals surface area (Å²) in [5.41, 5.74) is -0.0456. The molecular weight excluding hydrogens is 242 g/mol. The molecule has 0 bridgehead atoms. The van der Waals surface area contributed by atoms with Gasteiger partial charge in [0.25, 0.3) is 11.5 Å². The van der Waals surface area contributed by atoms with Crippen LogP contribution < -0.4 is 5.56 Å². The van der Waals surface area contributed by atoms with Gasteiger partial charge in [-0.1, -0.05) is 0 Å². The van der Waals surface area contributed by atoms with E-state index in [0.717, 1.165) is 19.3 Å². The second kappa shape index (κ2) is 5.31. The normalized spacial score (nSPS) is 20.3. The van der Waals surface area contributed by atoms with Crippen LogP contribution >= 0.6 is 11.6 Å². The molecule has 92 valence electrons. The van der Waals surface area contributed by atoms with Crippen molar-refractivity contribution in [3.63, 3.8) is 0 Å². The number of rotatable bonds is 2. The van der Waals surface area contributed by atoms with Crippen LogP contribution in [0.5, 0.6) is 0 Å². The largest absolute Gasteiger partial charge is 0.333 e. The topological polar surface area (TPSA) is 66.1 Å². The SMILES string of the molecule is O=C(c1ccc(=O)[nH]n1)N1CCCCC1CCl.